The first-order valence-electron chi connectivity index (χ1n) is 5.66. The smallest absolute Gasteiger partial charge is 0.185 e. The second-order valence-corrected chi connectivity index (χ2v) is 5.26. The van der Waals surface area contributed by atoms with Gasteiger partial charge in [-0.1, -0.05) is 0 Å². The summed E-state index contributed by atoms with van der Waals surface area (Å²) >= 11 is 1.72. The molecule has 1 aromatic heterocycles. The van der Waals surface area contributed by atoms with Gasteiger partial charge in [-0.15, -0.1) is 11.3 Å². The maximum Gasteiger partial charge on any atom is 0.185 e. The van der Waals surface area contributed by atoms with Gasteiger partial charge in [0.05, 0.1) is 12.3 Å². The largest absolute Gasteiger partial charge is 0.383 e. The lowest BCUT2D eigenvalue weighted by Crippen LogP contribution is -2.21. The molecule has 90 valence electrons. The molecule has 0 aliphatic heterocycles. The van der Waals surface area contributed by atoms with Crippen molar-refractivity contribution >= 4 is 16.5 Å². The van der Waals surface area contributed by atoms with Crippen molar-refractivity contribution in [2.24, 2.45) is 5.73 Å². The summed E-state index contributed by atoms with van der Waals surface area (Å²) in [7, 11) is 3.77. The standard InChI is InChI=1S/C11H19N3OS/c1-14(5-6-15-2)11-13-10(8-3-4-8)9(7-12)16-11/h8H,3-7,12H2,1-2H3. The van der Waals surface area contributed by atoms with Gasteiger partial charge in [-0.2, -0.15) is 0 Å². The summed E-state index contributed by atoms with van der Waals surface area (Å²) in [5.41, 5.74) is 7.00. The van der Waals surface area contributed by atoms with Crippen molar-refractivity contribution in [3.8, 4) is 0 Å². The van der Waals surface area contributed by atoms with Crippen molar-refractivity contribution in [3.05, 3.63) is 10.6 Å². The average molecular weight is 241 g/mol. The first kappa shape index (κ1) is 11.8. The lowest BCUT2D eigenvalue weighted by molar-refractivity contribution is 0.206. The van der Waals surface area contributed by atoms with Crippen LogP contribution in [0.4, 0.5) is 5.13 Å². The molecule has 0 amide bonds. The van der Waals surface area contributed by atoms with Gasteiger partial charge in [-0.05, 0) is 12.8 Å². The number of nitrogens with two attached hydrogens (primary N) is 1. The molecule has 0 bridgehead atoms. The number of anilines is 1. The number of rotatable bonds is 6. The Labute approximate surface area is 100 Å². The SMILES string of the molecule is COCCN(C)c1nc(C2CC2)c(CN)s1. The molecule has 1 aliphatic carbocycles. The van der Waals surface area contributed by atoms with Gasteiger partial charge in [0.15, 0.2) is 5.13 Å². The quantitative estimate of drug-likeness (QED) is 0.821. The fourth-order valence-corrected chi connectivity index (χ4v) is 2.67. The molecule has 0 saturated heterocycles. The zero-order valence-corrected chi connectivity index (χ0v) is 10.7. The van der Waals surface area contributed by atoms with Crippen molar-refractivity contribution in [3.63, 3.8) is 0 Å². The van der Waals surface area contributed by atoms with E-state index < -0.39 is 0 Å². The fourth-order valence-electron chi connectivity index (χ4n) is 1.66. The number of hydrogen-bond donors (Lipinski definition) is 1. The molecule has 16 heavy (non-hydrogen) atoms. The Morgan fingerprint density at radius 3 is 2.88 bits per heavy atom. The second-order valence-electron chi connectivity index (χ2n) is 4.20. The molecule has 2 N–H and O–H groups in total. The second kappa shape index (κ2) is 5.12. The Balaban J connectivity index is 2.08. The molecule has 1 fully saturated rings. The highest BCUT2D eigenvalue weighted by atomic mass is 32.1. The molecule has 2 rings (SSSR count). The number of likely N-dealkylation sites (N-methyl/N-ethyl adjacent to an activating group) is 1. The topological polar surface area (TPSA) is 51.4 Å². The van der Waals surface area contributed by atoms with Crippen LogP contribution in [-0.4, -0.2) is 32.3 Å². The van der Waals surface area contributed by atoms with Crippen LogP contribution in [0.3, 0.4) is 0 Å². The first-order valence-corrected chi connectivity index (χ1v) is 6.47. The van der Waals surface area contributed by atoms with E-state index >= 15 is 0 Å². The average Bonchev–Trinajstić information content (AvgIpc) is 3.05. The van der Waals surface area contributed by atoms with E-state index in [0.29, 0.717) is 12.5 Å². The molecule has 1 aromatic rings. The van der Waals surface area contributed by atoms with E-state index in [4.69, 9.17) is 15.5 Å². The van der Waals surface area contributed by atoms with Gasteiger partial charge in [0, 0.05) is 38.0 Å². The minimum absolute atomic E-state index is 0.613. The maximum atomic E-state index is 5.76. The number of aromatic nitrogens is 1. The van der Waals surface area contributed by atoms with E-state index in [1.807, 2.05) is 0 Å². The predicted molar refractivity (Wildman–Crippen MR) is 67.1 cm³/mol. The Morgan fingerprint density at radius 1 is 1.56 bits per heavy atom. The van der Waals surface area contributed by atoms with Gasteiger partial charge in [0.1, 0.15) is 0 Å². The molecule has 0 spiro atoms. The van der Waals surface area contributed by atoms with Crippen LogP contribution in [-0.2, 0) is 11.3 Å². The maximum absolute atomic E-state index is 5.76. The number of thiazole rings is 1. The minimum Gasteiger partial charge on any atom is -0.383 e. The van der Waals surface area contributed by atoms with E-state index in [1.54, 1.807) is 18.4 Å². The number of hydrogen-bond acceptors (Lipinski definition) is 5. The van der Waals surface area contributed by atoms with E-state index in [1.165, 1.54) is 23.4 Å². The molecule has 0 atom stereocenters. The van der Waals surface area contributed by atoms with Gasteiger partial charge in [0.2, 0.25) is 0 Å². The summed E-state index contributed by atoms with van der Waals surface area (Å²) in [4.78, 5) is 8.09. The molecule has 1 aliphatic rings. The highest BCUT2D eigenvalue weighted by molar-refractivity contribution is 7.15. The lowest BCUT2D eigenvalue weighted by Gasteiger charge is -2.14. The highest BCUT2D eigenvalue weighted by Gasteiger charge is 2.29. The van der Waals surface area contributed by atoms with E-state index in [9.17, 15) is 0 Å². The molecule has 5 heteroatoms. The van der Waals surface area contributed by atoms with Gasteiger partial charge in [-0.3, -0.25) is 0 Å². The van der Waals surface area contributed by atoms with E-state index in [0.717, 1.165) is 18.3 Å². The zero-order valence-electron chi connectivity index (χ0n) is 9.90. The molecule has 0 radical (unpaired) electrons. The Hall–Kier alpha value is -0.650. The monoisotopic (exact) mass is 241 g/mol. The van der Waals surface area contributed by atoms with Gasteiger partial charge in [-0.25, -0.2) is 4.98 Å². The summed E-state index contributed by atoms with van der Waals surface area (Å²) < 4.78 is 5.07. The van der Waals surface area contributed by atoms with Crippen molar-refractivity contribution in [1.82, 2.24) is 4.98 Å². The molecule has 0 unspecified atom stereocenters. The summed E-state index contributed by atoms with van der Waals surface area (Å²) in [6.45, 7) is 2.21. The van der Waals surface area contributed by atoms with Crippen LogP contribution in [0.15, 0.2) is 0 Å². The first-order chi connectivity index (χ1) is 7.76. The lowest BCUT2D eigenvalue weighted by atomic mass is 10.2. The molecule has 4 nitrogen and oxygen atoms in total. The van der Waals surface area contributed by atoms with Crippen molar-refractivity contribution < 1.29 is 4.74 Å². The van der Waals surface area contributed by atoms with Crippen LogP contribution in [0.2, 0.25) is 0 Å². The molecular weight excluding hydrogens is 222 g/mol. The highest BCUT2D eigenvalue weighted by Crippen LogP contribution is 2.43. The number of nitrogens with zero attached hydrogens (tertiary/aromatic N) is 2. The predicted octanol–water partition coefficient (Wildman–Crippen LogP) is 1.56. The summed E-state index contributed by atoms with van der Waals surface area (Å²) in [5.74, 6) is 0.680. The van der Waals surface area contributed by atoms with Crippen molar-refractivity contribution in [1.29, 1.82) is 0 Å². The fraction of sp³-hybridized carbons (Fsp3) is 0.727. The number of methoxy groups -OCH3 is 1. The van der Waals surface area contributed by atoms with E-state index in [-0.39, 0.29) is 0 Å². The van der Waals surface area contributed by atoms with Gasteiger partial charge < -0.3 is 15.4 Å². The molecule has 1 heterocycles. The third-order valence-corrected chi connectivity index (χ3v) is 4.03. The van der Waals surface area contributed by atoms with Crippen LogP contribution in [0.25, 0.3) is 0 Å². The van der Waals surface area contributed by atoms with Crippen LogP contribution in [0.5, 0.6) is 0 Å². The van der Waals surface area contributed by atoms with Gasteiger partial charge in [0.25, 0.3) is 0 Å². The summed E-state index contributed by atoms with van der Waals surface area (Å²) in [6.07, 6.45) is 2.55. The van der Waals surface area contributed by atoms with Crippen molar-refractivity contribution in [2.45, 2.75) is 25.3 Å². The zero-order chi connectivity index (χ0) is 11.5. The van der Waals surface area contributed by atoms with Gasteiger partial charge >= 0.3 is 0 Å². The van der Waals surface area contributed by atoms with Crippen molar-refractivity contribution in [2.75, 3.05) is 32.2 Å². The minimum atomic E-state index is 0.613. The van der Waals surface area contributed by atoms with Crippen LogP contribution >= 0.6 is 11.3 Å². The third kappa shape index (κ3) is 2.53. The summed E-state index contributed by atoms with van der Waals surface area (Å²) in [5, 5.41) is 1.07. The Bertz CT molecular complexity index is 349. The van der Waals surface area contributed by atoms with Crippen LogP contribution in [0.1, 0.15) is 29.3 Å². The normalized spacial score (nSPS) is 15.4. The van der Waals surface area contributed by atoms with Crippen LogP contribution in [0, 0.1) is 0 Å². The van der Waals surface area contributed by atoms with E-state index in [2.05, 4.69) is 11.9 Å². The molecular formula is C11H19N3OS. The summed E-state index contributed by atoms with van der Waals surface area (Å²) in [6, 6.07) is 0. The van der Waals surface area contributed by atoms with Crippen LogP contribution < -0.4 is 10.6 Å². The molecule has 0 aromatic carbocycles. The number of ether oxygens (including phenoxy) is 1. The Morgan fingerprint density at radius 2 is 2.31 bits per heavy atom. The molecule has 1 saturated carbocycles. The third-order valence-electron chi connectivity index (χ3n) is 2.82. The Kier molecular flexibility index (Phi) is 3.78.